The summed E-state index contributed by atoms with van der Waals surface area (Å²) in [5.41, 5.74) is 10.8. The first kappa shape index (κ1) is 24.4. The van der Waals surface area contributed by atoms with Crippen LogP contribution < -0.4 is 0 Å². The molecule has 0 unspecified atom stereocenters. The van der Waals surface area contributed by atoms with Gasteiger partial charge in [0.2, 0.25) is 0 Å². The topological polar surface area (TPSA) is 20.2 Å². The van der Waals surface area contributed by atoms with Crippen molar-refractivity contribution in [3.8, 4) is 50.3 Å². The molecule has 0 saturated carbocycles. The van der Waals surface area contributed by atoms with E-state index in [0.717, 1.165) is 11.1 Å². The summed E-state index contributed by atoms with van der Waals surface area (Å²) in [6.07, 6.45) is 0. The van der Waals surface area contributed by atoms with Crippen molar-refractivity contribution in [2.24, 2.45) is 0 Å². The van der Waals surface area contributed by atoms with Crippen LogP contribution in [0.1, 0.15) is 5.56 Å². The minimum Gasteiger partial charge on any atom is -0.508 e. The number of phenols is 1. The van der Waals surface area contributed by atoms with Gasteiger partial charge in [-0.1, -0.05) is 127 Å². The number of rotatable bonds is 4. The second-order valence-electron chi connectivity index (χ2n) is 11.2. The second-order valence-corrected chi connectivity index (χ2v) is 11.2. The number of hydrogen-bond donors (Lipinski definition) is 1. The monoisotopic (exact) mass is 536 g/mol. The van der Waals surface area contributed by atoms with Gasteiger partial charge in [-0.3, -0.25) is 0 Å². The molecule has 0 radical (unpaired) electrons. The van der Waals surface area contributed by atoms with Crippen LogP contribution in [0.2, 0.25) is 0 Å². The Kier molecular flexibility index (Phi) is 5.58. The minimum atomic E-state index is 0.273. The van der Waals surface area contributed by atoms with Crippen LogP contribution in [0.15, 0.2) is 146 Å². The molecule has 0 fully saturated rings. The molecule has 198 valence electrons. The third kappa shape index (κ3) is 3.86. The summed E-state index contributed by atoms with van der Waals surface area (Å²) in [6, 6.07) is 51.8. The Labute approximate surface area is 245 Å². The third-order valence-corrected chi connectivity index (χ3v) is 8.61. The largest absolute Gasteiger partial charge is 0.508 e. The van der Waals surface area contributed by atoms with Crippen LogP contribution >= 0.6 is 0 Å². The first-order chi connectivity index (χ1) is 20.7. The maximum absolute atomic E-state index is 10.1. The van der Waals surface area contributed by atoms with Crippen LogP contribution in [0, 0.1) is 6.92 Å². The van der Waals surface area contributed by atoms with Gasteiger partial charge in [-0.05, 0) is 108 Å². The van der Waals surface area contributed by atoms with Gasteiger partial charge in [0.15, 0.2) is 0 Å². The van der Waals surface area contributed by atoms with Crippen molar-refractivity contribution in [1.82, 2.24) is 0 Å². The minimum absolute atomic E-state index is 0.273. The highest BCUT2D eigenvalue weighted by Gasteiger charge is 2.20. The Morgan fingerprint density at radius 3 is 1.07 bits per heavy atom. The fraction of sp³-hybridized carbons (Fsp3) is 0.0244. The van der Waals surface area contributed by atoms with Crippen LogP contribution in [0.25, 0.3) is 76.8 Å². The maximum atomic E-state index is 10.1. The Morgan fingerprint density at radius 2 is 0.690 bits per heavy atom. The molecule has 0 aliphatic rings. The van der Waals surface area contributed by atoms with E-state index >= 15 is 0 Å². The lowest BCUT2D eigenvalue weighted by molar-refractivity contribution is 0.475. The van der Waals surface area contributed by atoms with E-state index in [2.05, 4.69) is 128 Å². The molecule has 0 atom stereocenters. The molecule has 0 bridgehead atoms. The zero-order valence-corrected chi connectivity index (χ0v) is 23.3. The molecule has 8 aromatic rings. The van der Waals surface area contributed by atoms with Gasteiger partial charge < -0.3 is 5.11 Å². The highest BCUT2D eigenvalue weighted by molar-refractivity contribution is 6.31. The summed E-state index contributed by atoms with van der Waals surface area (Å²) < 4.78 is 0. The zero-order chi connectivity index (χ0) is 28.2. The number of phenolic OH excluding ortho intramolecular Hbond substituents is 1. The zero-order valence-electron chi connectivity index (χ0n) is 23.3. The molecule has 0 heterocycles. The molecule has 0 aliphatic carbocycles. The molecular weight excluding hydrogens is 508 g/mol. The molecule has 1 nitrogen and oxygen atoms in total. The molecule has 42 heavy (non-hydrogen) atoms. The van der Waals surface area contributed by atoms with E-state index < -0.39 is 0 Å². The van der Waals surface area contributed by atoms with Gasteiger partial charge in [-0.15, -0.1) is 0 Å². The Morgan fingerprint density at radius 1 is 0.357 bits per heavy atom. The van der Waals surface area contributed by atoms with Crippen molar-refractivity contribution in [3.05, 3.63) is 151 Å². The van der Waals surface area contributed by atoms with Crippen LogP contribution in [0.4, 0.5) is 0 Å². The van der Waals surface area contributed by atoms with Gasteiger partial charge in [0.25, 0.3) is 0 Å². The highest BCUT2D eigenvalue weighted by atomic mass is 16.3. The molecule has 0 amide bonds. The standard InChI is InChI=1S/C41H28O/c1-26-12-14-29(15-13-26)38-24-36(27-8-4-2-5-9-27)32-21-23-35-39(30-16-18-31(42)19-17-30)25-37(28-10-6-3-7-11-28)33-20-22-34(38)40(32)41(33)35/h2-25,42H,1H3. The smallest absolute Gasteiger partial charge is 0.115 e. The van der Waals surface area contributed by atoms with Crippen LogP contribution in [0.3, 0.4) is 0 Å². The van der Waals surface area contributed by atoms with Crippen LogP contribution in [0.5, 0.6) is 5.75 Å². The quantitative estimate of drug-likeness (QED) is 0.222. The van der Waals surface area contributed by atoms with Crippen molar-refractivity contribution in [2.75, 3.05) is 0 Å². The van der Waals surface area contributed by atoms with Gasteiger partial charge in [0.05, 0.1) is 0 Å². The Balaban J connectivity index is 1.57. The van der Waals surface area contributed by atoms with Crippen molar-refractivity contribution < 1.29 is 5.11 Å². The first-order valence-electron chi connectivity index (χ1n) is 14.4. The van der Waals surface area contributed by atoms with E-state index in [9.17, 15) is 5.11 Å². The molecule has 0 aromatic heterocycles. The molecule has 8 rings (SSSR count). The van der Waals surface area contributed by atoms with E-state index in [1.54, 1.807) is 12.1 Å². The summed E-state index contributed by atoms with van der Waals surface area (Å²) >= 11 is 0. The van der Waals surface area contributed by atoms with Gasteiger partial charge >= 0.3 is 0 Å². The van der Waals surface area contributed by atoms with Gasteiger partial charge in [-0.2, -0.15) is 0 Å². The van der Waals surface area contributed by atoms with E-state index in [0.29, 0.717) is 0 Å². The molecule has 8 aromatic carbocycles. The van der Waals surface area contributed by atoms with Crippen molar-refractivity contribution >= 4 is 32.3 Å². The van der Waals surface area contributed by atoms with Crippen molar-refractivity contribution in [1.29, 1.82) is 0 Å². The number of benzene rings is 8. The lowest BCUT2D eigenvalue weighted by atomic mass is 9.82. The predicted molar refractivity (Wildman–Crippen MR) is 178 cm³/mol. The number of hydrogen-bond acceptors (Lipinski definition) is 1. The Hall–Kier alpha value is -5.40. The van der Waals surface area contributed by atoms with Crippen molar-refractivity contribution in [2.45, 2.75) is 6.92 Å². The third-order valence-electron chi connectivity index (χ3n) is 8.61. The van der Waals surface area contributed by atoms with Crippen LogP contribution in [-0.2, 0) is 0 Å². The first-order valence-corrected chi connectivity index (χ1v) is 14.4. The lowest BCUT2D eigenvalue weighted by Gasteiger charge is -2.21. The number of aromatic hydroxyl groups is 1. The summed E-state index contributed by atoms with van der Waals surface area (Å²) in [5.74, 6) is 0.273. The fourth-order valence-corrected chi connectivity index (χ4v) is 6.56. The van der Waals surface area contributed by atoms with E-state index in [1.807, 2.05) is 12.1 Å². The molecule has 0 saturated heterocycles. The van der Waals surface area contributed by atoms with Gasteiger partial charge in [0, 0.05) is 0 Å². The molecule has 0 aliphatic heterocycles. The maximum Gasteiger partial charge on any atom is 0.115 e. The SMILES string of the molecule is Cc1ccc(-c2cc(-c3ccccc3)c3ccc4c(-c5ccc(O)cc5)cc(-c5ccccc5)c5ccc2c3c54)cc1. The average Bonchev–Trinajstić information content (AvgIpc) is 3.05. The summed E-state index contributed by atoms with van der Waals surface area (Å²) in [4.78, 5) is 0. The van der Waals surface area contributed by atoms with Gasteiger partial charge in [-0.25, -0.2) is 0 Å². The van der Waals surface area contributed by atoms with Crippen LogP contribution in [-0.4, -0.2) is 5.11 Å². The summed E-state index contributed by atoms with van der Waals surface area (Å²) in [6.45, 7) is 2.14. The van der Waals surface area contributed by atoms with Crippen molar-refractivity contribution in [3.63, 3.8) is 0 Å². The van der Waals surface area contributed by atoms with Gasteiger partial charge in [0.1, 0.15) is 5.75 Å². The summed E-state index contributed by atoms with van der Waals surface area (Å²) in [5, 5.41) is 17.6. The number of aryl methyl sites for hydroxylation is 1. The highest BCUT2D eigenvalue weighted by Crippen LogP contribution is 2.48. The molecule has 1 heteroatoms. The molecule has 0 spiro atoms. The van der Waals surface area contributed by atoms with E-state index in [1.165, 1.54) is 71.3 Å². The molecular formula is C41H28O. The normalized spacial score (nSPS) is 11.5. The summed E-state index contributed by atoms with van der Waals surface area (Å²) in [7, 11) is 0. The predicted octanol–water partition coefficient (Wildman–Crippen LogP) is 11.3. The Bertz CT molecular complexity index is 2050. The van der Waals surface area contributed by atoms with E-state index in [-0.39, 0.29) is 5.75 Å². The van der Waals surface area contributed by atoms with E-state index in [4.69, 9.17) is 0 Å². The lowest BCUT2D eigenvalue weighted by Crippen LogP contribution is -1.94. The second kappa shape index (κ2) is 9.61. The molecule has 1 N–H and O–H groups in total. The average molecular weight is 537 g/mol. The fourth-order valence-electron chi connectivity index (χ4n) is 6.56.